The third kappa shape index (κ3) is 1.96. The fraction of sp³-hybridized carbons (Fsp3) is 0.0556. The molecule has 6 heteroatoms. The molecule has 0 bridgehead atoms. The van der Waals surface area contributed by atoms with Crippen LogP contribution in [-0.4, -0.2) is 4.98 Å². The number of ether oxygens (including phenoxy) is 1. The van der Waals surface area contributed by atoms with Crippen molar-refractivity contribution in [2.75, 3.05) is 0 Å². The molecular weight excluding hydrogens is 306 g/mol. The molecule has 4 rings (SSSR count). The van der Waals surface area contributed by atoms with Crippen LogP contribution < -0.4 is 16.1 Å². The summed E-state index contributed by atoms with van der Waals surface area (Å²) in [5, 5.41) is 10.1. The third-order valence-corrected chi connectivity index (χ3v) is 3.99. The number of rotatable bonds is 1. The first-order chi connectivity index (χ1) is 11.7. The lowest BCUT2D eigenvalue weighted by Crippen LogP contribution is -2.26. The van der Waals surface area contributed by atoms with Crippen molar-refractivity contribution >= 4 is 11.0 Å². The predicted molar refractivity (Wildman–Crippen MR) is 86.0 cm³/mol. The van der Waals surface area contributed by atoms with E-state index in [1.54, 1.807) is 42.7 Å². The normalized spacial score (nSPS) is 16.4. The van der Waals surface area contributed by atoms with Gasteiger partial charge in [-0.1, -0.05) is 18.2 Å². The number of pyridine rings is 1. The molecule has 1 unspecified atom stereocenters. The van der Waals surface area contributed by atoms with Crippen LogP contribution in [0, 0.1) is 11.3 Å². The topological polar surface area (TPSA) is 102 Å². The molecule has 0 amide bonds. The number of hydrogen-bond acceptors (Lipinski definition) is 6. The molecule has 24 heavy (non-hydrogen) atoms. The van der Waals surface area contributed by atoms with Crippen LogP contribution in [0.2, 0.25) is 0 Å². The lowest BCUT2D eigenvalue weighted by Gasteiger charge is -2.25. The van der Waals surface area contributed by atoms with E-state index in [1.807, 2.05) is 12.1 Å². The quantitative estimate of drug-likeness (QED) is 0.691. The molecule has 0 aliphatic carbocycles. The highest BCUT2D eigenvalue weighted by atomic mass is 16.5. The number of fused-ring (bicyclic) bond motifs is 3. The van der Waals surface area contributed by atoms with Crippen LogP contribution in [-0.2, 0) is 0 Å². The molecule has 116 valence electrons. The van der Waals surface area contributed by atoms with Crippen LogP contribution in [0.1, 0.15) is 17.0 Å². The van der Waals surface area contributed by atoms with Gasteiger partial charge in [0.25, 0.3) is 0 Å². The maximum atomic E-state index is 12.6. The summed E-state index contributed by atoms with van der Waals surface area (Å²) in [4.78, 5) is 16.7. The Morgan fingerprint density at radius 3 is 2.79 bits per heavy atom. The number of nitrogens with zero attached hydrogens (tertiary/aromatic N) is 2. The van der Waals surface area contributed by atoms with Gasteiger partial charge in [0.2, 0.25) is 5.88 Å². The van der Waals surface area contributed by atoms with Crippen molar-refractivity contribution < 1.29 is 9.15 Å². The smallest absolute Gasteiger partial charge is 0.344 e. The maximum absolute atomic E-state index is 12.6. The summed E-state index contributed by atoms with van der Waals surface area (Å²) in [6, 6.07) is 12.6. The summed E-state index contributed by atoms with van der Waals surface area (Å²) >= 11 is 0. The van der Waals surface area contributed by atoms with E-state index in [9.17, 15) is 10.1 Å². The predicted octanol–water partition coefficient (Wildman–Crippen LogP) is 2.41. The minimum Gasteiger partial charge on any atom is -0.439 e. The first-order valence-corrected chi connectivity index (χ1v) is 7.24. The first kappa shape index (κ1) is 14.0. The second-order valence-electron chi connectivity index (χ2n) is 5.34. The second kappa shape index (κ2) is 5.25. The largest absolute Gasteiger partial charge is 0.439 e. The van der Waals surface area contributed by atoms with E-state index in [2.05, 4.69) is 4.98 Å². The van der Waals surface area contributed by atoms with Gasteiger partial charge in [0.05, 0.1) is 16.9 Å². The Balaban J connectivity index is 2.10. The van der Waals surface area contributed by atoms with E-state index in [4.69, 9.17) is 14.9 Å². The Bertz CT molecular complexity index is 1080. The summed E-state index contributed by atoms with van der Waals surface area (Å²) in [5.41, 5.74) is 6.89. The number of nitrogens with two attached hydrogens (primary N) is 1. The fourth-order valence-corrected chi connectivity index (χ4v) is 2.95. The summed E-state index contributed by atoms with van der Waals surface area (Å²) in [6.07, 6.45) is 3.21. The van der Waals surface area contributed by atoms with E-state index in [0.717, 1.165) is 0 Å². The number of benzene rings is 1. The molecule has 1 aromatic carbocycles. The van der Waals surface area contributed by atoms with Gasteiger partial charge in [0.1, 0.15) is 17.2 Å². The molecule has 0 spiro atoms. The van der Waals surface area contributed by atoms with Crippen molar-refractivity contribution in [3.8, 4) is 11.8 Å². The monoisotopic (exact) mass is 317 g/mol. The van der Waals surface area contributed by atoms with Crippen LogP contribution in [0.15, 0.2) is 69.5 Å². The maximum Gasteiger partial charge on any atom is 0.344 e. The third-order valence-electron chi connectivity index (χ3n) is 3.99. The van der Waals surface area contributed by atoms with Gasteiger partial charge in [-0.3, -0.25) is 4.98 Å². The highest BCUT2D eigenvalue weighted by Crippen LogP contribution is 2.43. The number of para-hydroxylation sites is 1. The number of nitriles is 1. The molecule has 0 radical (unpaired) electrons. The summed E-state index contributed by atoms with van der Waals surface area (Å²) in [7, 11) is 0. The standard InChI is InChI=1S/C18H11N3O3/c19-8-12-14(10-4-3-7-21-9-10)15-16(24-17(12)20)11-5-1-2-6-13(11)23-18(15)22/h1-7,9,14H,20H2. The van der Waals surface area contributed by atoms with Gasteiger partial charge in [0.15, 0.2) is 5.75 Å². The van der Waals surface area contributed by atoms with Crippen LogP contribution in [0.4, 0.5) is 0 Å². The Labute approximate surface area is 136 Å². The molecule has 3 aromatic rings. The molecule has 1 aliphatic heterocycles. The van der Waals surface area contributed by atoms with Crippen LogP contribution in [0.5, 0.6) is 5.75 Å². The fourth-order valence-electron chi connectivity index (χ4n) is 2.95. The zero-order valence-electron chi connectivity index (χ0n) is 12.4. The number of aromatic nitrogens is 1. The van der Waals surface area contributed by atoms with Gasteiger partial charge in [0, 0.05) is 12.4 Å². The van der Waals surface area contributed by atoms with E-state index < -0.39 is 11.5 Å². The van der Waals surface area contributed by atoms with Gasteiger partial charge >= 0.3 is 5.63 Å². The van der Waals surface area contributed by atoms with E-state index in [1.165, 1.54) is 0 Å². The van der Waals surface area contributed by atoms with Crippen molar-refractivity contribution in [2.24, 2.45) is 5.73 Å². The van der Waals surface area contributed by atoms with Crippen molar-refractivity contribution in [1.82, 2.24) is 4.98 Å². The zero-order chi connectivity index (χ0) is 16.7. The lowest BCUT2D eigenvalue weighted by atomic mass is 9.84. The Morgan fingerprint density at radius 1 is 1.21 bits per heavy atom. The molecule has 1 aliphatic rings. The molecule has 0 saturated heterocycles. The average Bonchev–Trinajstić information content (AvgIpc) is 2.61. The molecule has 2 N–H and O–H groups in total. The number of allylic oxidation sites excluding steroid dienone is 1. The Hall–Kier alpha value is -3.59. The number of hydrogen-bond donors (Lipinski definition) is 1. The highest BCUT2D eigenvalue weighted by Gasteiger charge is 2.35. The molecule has 0 fully saturated rings. The minimum atomic E-state index is -0.673. The zero-order valence-corrected chi connectivity index (χ0v) is 12.4. The molecule has 0 saturated carbocycles. The first-order valence-electron chi connectivity index (χ1n) is 7.24. The van der Waals surface area contributed by atoms with Gasteiger partial charge in [-0.2, -0.15) is 5.26 Å². The summed E-state index contributed by atoms with van der Waals surface area (Å²) < 4.78 is 11.0. The van der Waals surface area contributed by atoms with Crippen LogP contribution in [0.25, 0.3) is 11.0 Å². The van der Waals surface area contributed by atoms with Crippen molar-refractivity contribution in [2.45, 2.75) is 5.92 Å². The molecule has 3 heterocycles. The van der Waals surface area contributed by atoms with Gasteiger partial charge in [-0.25, -0.2) is 4.79 Å². The molecule has 1 atom stereocenters. The highest BCUT2D eigenvalue weighted by molar-refractivity contribution is 5.85. The van der Waals surface area contributed by atoms with Crippen molar-refractivity contribution in [3.05, 3.63) is 81.8 Å². The average molecular weight is 317 g/mol. The van der Waals surface area contributed by atoms with Crippen molar-refractivity contribution in [1.29, 1.82) is 5.26 Å². The van der Waals surface area contributed by atoms with E-state index in [-0.39, 0.29) is 17.0 Å². The second-order valence-corrected chi connectivity index (χ2v) is 5.34. The summed E-state index contributed by atoms with van der Waals surface area (Å²) in [5.74, 6) is -0.366. The Morgan fingerprint density at radius 2 is 2.04 bits per heavy atom. The molecule has 2 aromatic heterocycles. The van der Waals surface area contributed by atoms with Crippen molar-refractivity contribution in [3.63, 3.8) is 0 Å². The van der Waals surface area contributed by atoms with Gasteiger partial charge in [-0.15, -0.1) is 0 Å². The van der Waals surface area contributed by atoms with E-state index in [0.29, 0.717) is 22.3 Å². The van der Waals surface area contributed by atoms with Gasteiger partial charge in [-0.05, 0) is 23.8 Å². The van der Waals surface area contributed by atoms with Crippen LogP contribution >= 0.6 is 0 Å². The summed E-state index contributed by atoms with van der Waals surface area (Å²) in [6.45, 7) is 0. The molecular formula is C18H11N3O3. The minimum absolute atomic E-state index is 0.0189. The SMILES string of the molecule is N#CC1=C(N)Oc2c(c(=O)oc3ccccc23)C1c1cccnc1. The van der Waals surface area contributed by atoms with Crippen LogP contribution in [0.3, 0.4) is 0 Å². The van der Waals surface area contributed by atoms with E-state index >= 15 is 0 Å². The Kier molecular flexibility index (Phi) is 3.07. The molecule has 6 nitrogen and oxygen atoms in total. The lowest BCUT2D eigenvalue weighted by molar-refractivity contribution is 0.388. The van der Waals surface area contributed by atoms with Gasteiger partial charge < -0.3 is 14.9 Å².